The molecule has 4 aromatic rings. The van der Waals surface area contributed by atoms with Gasteiger partial charge in [0.25, 0.3) is 0 Å². The van der Waals surface area contributed by atoms with Crippen LogP contribution in [0.2, 0.25) is 0 Å². The third kappa shape index (κ3) is 7.07. The monoisotopic (exact) mass is 543 g/mol. The summed E-state index contributed by atoms with van der Waals surface area (Å²) in [6.45, 7) is 3.87. The van der Waals surface area contributed by atoms with Gasteiger partial charge in [0, 0.05) is 66.5 Å². The molecule has 9 heteroatoms. The minimum atomic E-state index is -2.46. The maximum Gasteiger partial charge on any atom is 0.344 e. The first kappa shape index (κ1) is 26.5. The number of hydrogen-bond donors (Lipinski definition) is 1. The molecule has 1 N–H and O–H groups in total. The van der Waals surface area contributed by atoms with Crippen molar-refractivity contribution in [2.24, 2.45) is 0 Å². The predicted octanol–water partition coefficient (Wildman–Crippen LogP) is 4.59. The lowest BCUT2D eigenvalue weighted by Gasteiger charge is -2.34. The van der Waals surface area contributed by atoms with E-state index in [2.05, 4.69) is 63.1 Å². The van der Waals surface area contributed by atoms with Crippen molar-refractivity contribution in [1.82, 2.24) is 19.6 Å². The Balaban J connectivity index is 1.25. The standard InChI is InChI=1S/C30H33N5O3S/c1-39(2,37)32-29-15-16-35(31-29)30(36)34-19-17-33(18-20-34)22-27-14-13-26(25-11-7-4-8-12-25)21-28(27)38-23-24-9-5-3-6-10-24/h3-16,21H,1,17-20,22-23H2,2H3,(H,31,32,37). The Morgan fingerprint density at radius 2 is 1.64 bits per heavy atom. The second-order valence-corrected chi connectivity index (χ2v) is 12.0. The van der Waals surface area contributed by atoms with Crippen molar-refractivity contribution in [3.05, 3.63) is 102 Å². The summed E-state index contributed by atoms with van der Waals surface area (Å²) in [7, 11) is -2.46. The Hall–Kier alpha value is -4.08. The van der Waals surface area contributed by atoms with Gasteiger partial charge in [0.2, 0.25) is 0 Å². The van der Waals surface area contributed by atoms with Gasteiger partial charge >= 0.3 is 6.03 Å². The van der Waals surface area contributed by atoms with Crippen LogP contribution in [0.15, 0.2) is 91.1 Å². The molecule has 2 heterocycles. The van der Waals surface area contributed by atoms with Gasteiger partial charge in [0.1, 0.15) is 12.4 Å². The van der Waals surface area contributed by atoms with Gasteiger partial charge in [-0.05, 0) is 28.6 Å². The molecule has 0 spiro atoms. The molecule has 1 aromatic heterocycles. The molecule has 3 aromatic carbocycles. The highest BCUT2D eigenvalue weighted by Gasteiger charge is 2.24. The van der Waals surface area contributed by atoms with Crippen molar-refractivity contribution in [2.45, 2.75) is 13.2 Å². The Morgan fingerprint density at radius 3 is 2.33 bits per heavy atom. The van der Waals surface area contributed by atoms with E-state index in [1.165, 1.54) is 10.9 Å². The topological polar surface area (TPSA) is 79.7 Å². The summed E-state index contributed by atoms with van der Waals surface area (Å²) in [5.41, 5.74) is 4.50. The minimum Gasteiger partial charge on any atom is -0.489 e. The van der Waals surface area contributed by atoms with Crippen LogP contribution in [0.1, 0.15) is 11.1 Å². The number of ether oxygens (including phenoxy) is 1. The molecule has 1 saturated heterocycles. The van der Waals surface area contributed by atoms with Crippen LogP contribution in [0.5, 0.6) is 5.75 Å². The summed E-state index contributed by atoms with van der Waals surface area (Å²) < 4.78 is 22.2. The van der Waals surface area contributed by atoms with E-state index in [1.807, 2.05) is 36.4 Å². The highest BCUT2D eigenvalue weighted by atomic mass is 32.2. The number of amides is 1. The van der Waals surface area contributed by atoms with Gasteiger partial charge in [0.05, 0.1) is 0 Å². The molecule has 0 aliphatic carbocycles. The Kier molecular flexibility index (Phi) is 7.99. The molecule has 0 radical (unpaired) electrons. The fraction of sp³-hybridized carbons (Fsp3) is 0.233. The fourth-order valence-corrected chi connectivity index (χ4v) is 5.11. The number of nitrogens with one attached hydrogen (secondary N) is 1. The molecule has 202 valence electrons. The van der Waals surface area contributed by atoms with Crippen molar-refractivity contribution >= 4 is 27.4 Å². The van der Waals surface area contributed by atoms with Gasteiger partial charge in [-0.15, -0.1) is 5.10 Å². The van der Waals surface area contributed by atoms with Crippen molar-refractivity contribution < 1.29 is 13.7 Å². The molecule has 1 aliphatic rings. The first-order chi connectivity index (χ1) is 18.8. The van der Waals surface area contributed by atoms with E-state index < -0.39 is 9.71 Å². The molecule has 1 atom stereocenters. The summed E-state index contributed by atoms with van der Waals surface area (Å²) in [5, 5.41) is 4.21. The number of rotatable bonds is 8. The molecule has 5 rings (SSSR count). The van der Waals surface area contributed by atoms with Gasteiger partial charge in [-0.2, -0.15) is 4.68 Å². The van der Waals surface area contributed by atoms with Crippen LogP contribution in [-0.4, -0.2) is 68.1 Å². The summed E-state index contributed by atoms with van der Waals surface area (Å²) in [5.74, 6) is 4.80. The van der Waals surface area contributed by atoms with Gasteiger partial charge in [0.15, 0.2) is 5.82 Å². The van der Waals surface area contributed by atoms with E-state index in [-0.39, 0.29) is 6.03 Å². The Morgan fingerprint density at radius 1 is 0.949 bits per heavy atom. The molecule has 0 bridgehead atoms. The van der Waals surface area contributed by atoms with E-state index >= 15 is 0 Å². The molecule has 1 aliphatic heterocycles. The summed E-state index contributed by atoms with van der Waals surface area (Å²) >= 11 is 0. The lowest BCUT2D eigenvalue weighted by atomic mass is 10.0. The zero-order valence-corrected chi connectivity index (χ0v) is 22.8. The molecular formula is C30H33N5O3S. The van der Waals surface area contributed by atoms with Crippen molar-refractivity contribution in [3.63, 3.8) is 0 Å². The normalized spacial score (nSPS) is 15.5. The minimum absolute atomic E-state index is 0.200. The average molecular weight is 544 g/mol. The molecule has 39 heavy (non-hydrogen) atoms. The second-order valence-electron chi connectivity index (χ2n) is 9.76. The zero-order chi connectivity index (χ0) is 27.2. The number of anilines is 1. The van der Waals surface area contributed by atoms with Crippen molar-refractivity contribution in [3.8, 4) is 16.9 Å². The van der Waals surface area contributed by atoms with E-state index in [0.717, 1.165) is 47.6 Å². The Bertz CT molecular complexity index is 1510. The van der Waals surface area contributed by atoms with Gasteiger partial charge in [-0.25, -0.2) is 9.00 Å². The van der Waals surface area contributed by atoms with E-state index in [1.54, 1.807) is 17.2 Å². The largest absolute Gasteiger partial charge is 0.489 e. The predicted molar refractivity (Wildman–Crippen MR) is 157 cm³/mol. The van der Waals surface area contributed by atoms with Crippen LogP contribution in [0.25, 0.3) is 11.1 Å². The van der Waals surface area contributed by atoms with Gasteiger partial charge in [-0.3, -0.25) is 9.62 Å². The van der Waals surface area contributed by atoms with Crippen molar-refractivity contribution in [2.75, 3.05) is 37.2 Å². The van der Waals surface area contributed by atoms with Crippen LogP contribution in [0.4, 0.5) is 10.6 Å². The smallest absolute Gasteiger partial charge is 0.344 e. The van der Waals surface area contributed by atoms with Crippen LogP contribution in [-0.2, 0) is 22.9 Å². The highest BCUT2D eigenvalue weighted by Crippen LogP contribution is 2.29. The SMILES string of the molecule is C=S(C)(=O)Nc1ccn(C(=O)N2CCN(Cc3ccc(-c4ccccc4)cc3OCc3ccccc3)CC2)n1. The summed E-state index contributed by atoms with van der Waals surface area (Å²) in [4.78, 5) is 17.1. The Labute approximate surface area is 230 Å². The second kappa shape index (κ2) is 11.8. The number of carbonyl (C=O) groups is 1. The first-order valence-corrected chi connectivity index (χ1v) is 15.0. The fourth-order valence-electron chi connectivity index (χ4n) is 4.55. The number of aromatic nitrogens is 2. The zero-order valence-electron chi connectivity index (χ0n) is 22.0. The summed E-state index contributed by atoms with van der Waals surface area (Å²) in [6, 6.07) is 28.3. The first-order valence-electron chi connectivity index (χ1n) is 12.9. The molecule has 1 fully saturated rings. The number of hydrogen-bond acceptors (Lipinski definition) is 5. The van der Waals surface area contributed by atoms with E-state index in [9.17, 15) is 9.00 Å². The third-order valence-corrected chi connectivity index (χ3v) is 7.19. The lowest BCUT2D eigenvalue weighted by molar-refractivity contribution is 0.133. The maximum absolute atomic E-state index is 13.0. The summed E-state index contributed by atoms with van der Waals surface area (Å²) in [6.07, 6.45) is 3.06. The maximum atomic E-state index is 13.0. The molecular weight excluding hydrogens is 510 g/mol. The number of nitrogens with zero attached hydrogens (tertiary/aromatic N) is 4. The van der Waals surface area contributed by atoms with Crippen molar-refractivity contribution in [1.29, 1.82) is 0 Å². The molecule has 8 nitrogen and oxygen atoms in total. The number of carbonyl (C=O) groups excluding carboxylic acids is 1. The lowest BCUT2D eigenvalue weighted by Crippen LogP contribution is -2.49. The van der Waals surface area contributed by atoms with E-state index in [4.69, 9.17) is 4.74 Å². The molecule has 0 saturated carbocycles. The quantitative estimate of drug-likeness (QED) is 0.329. The highest BCUT2D eigenvalue weighted by molar-refractivity contribution is 8.00. The van der Waals surface area contributed by atoms with Gasteiger partial charge in [-0.1, -0.05) is 72.8 Å². The van der Waals surface area contributed by atoms with Gasteiger partial charge < -0.3 is 9.64 Å². The van der Waals surface area contributed by atoms with Crippen LogP contribution < -0.4 is 9.46 Å². The van der Waals surface area contributed by atoms with Crippen LogP contribution in [0.3, 0.4) is 0 Å². The van der Waals surface area contributed by atoms with Crippen LogP contribution >= 0.6 is 0 Å². The molecule has 1 amide bonds. The molecule has 1 unspecified atom stereocenters. The third-order valence-electron chi connectivity index (χ3n) is 6.55. The number of benzene rings is 3. The average Bonchev–Trinajstić information content (AvgIpc) is 3.40. The van der Waals surface area contributed by atoms with E-state index in [0.29, 0.717) is 25.5 Å². The van der Waals surface area contributed by atoms with Crippen LogP contribution in [0, 0.1) is 0 Å². The number of piperazine rings is 1.